The van der Waals surface area contributed by atoms with Gasteiger partial charge < -0.3 is 9.47 Å². The monoisotopic (exact) mass is 532 g/mol. The first-order valence-electron chi connectivity index (χ1n) is 10.1. The number of carbonyl (C=O) groups excluding carboxylic acids is 1. The number of thiocarbonyl (C=S) groups is 1. The average molecular weight is 533 g/mol. The maximum Gasteiger partial charge on any atom is 0.416 e. The van der Waals surface area contributed by atoms with Crippen molar-refractivity contribution in [3.05, 3.63) is 92.9 Å². The molecule has 1 amide bonds. The Morgan fingerprint density at radius 2 is 1.78 bits per heavy atom. The second-order valence-corrected chi connectivity index (χ2v) is 9.00. The molecule has 0 atom stereocenters. The number of nitrogens with zero attached hydrogens (tertiary/aromatic N) is 2. The molecule has 12 heteroatoms. The van der Waals surface area contributed by atoms with Crippen LogP contribution < -0.4 is 14.4 Å². The maximum absolute atomic E-state index is 13.0. The van der Waals surface area contributed by atoms with E-state index in [0.29, 0.717) is 38.4 Å². The lowest BCUT2D eigenvalue weighted by Crippen LogP contribution is -2.27. The minimum absolute atomic E-state index is 0.136. The summed E-state index contributed by atoms with van der Waals surface area (Å²) in [6, 6.07) is 15.1. The lowest BCUT2D eigenvalue weighted by atomic mass is 10.1. The van der Waals surface area contributed by atoms with Crippen LogP contribution in [0.1, 0.15) is 11.1 Å². The van der Waals surface area contributed by atoms with Crippen LogP contribution in [0.25, 0.3) is 6.08 Å². The second kappa shape index (κ2) is 9.99. The summed E-state index contributed by atoms with van der Waals surface area (Å²) in [4.78, 5) is 25.1. The minimum atomic E-state index is -4.73. The van der Waals surface area contributed by atoms with Gasteiger partial charge in [0.15, 0.2) is 4.32 Å². The Hall–Kier alpha value is -3.90. The first-order chi connectivity index (χ1) is 17.1. The number of nitro benzene ring substituents is 1. The molecule has 4 rings (SSSR count). The predicted octanol–water partition coefficient (Wildman–Crippen LogP) is 6.82. The summed E-state index contributed by atoms with van der Waals surface area (Å²) >= 11 is 6.47. The molecular weight excluding hydrogens is 517 g/mol. The normalized spacial score (nSPS) is 14.9. The number of hydrogen-bond donors (Lipinski definition) is 0. The minimum Gasteiger partial charge on any atom is -0.497 e. The molecule has 1 heterocycles. The van der Waals surface area contributed by atoms with Gasteiger partial charge in [0.1, 0.15) is 11.5 Å². The first-order valence-corrected chi connectivity index (χ1v) is 11.3. The predicted molar refractivity (Wildman–Crippen MR) is 133 cm³/mol. The van der Waals surface area contributed by atoms with Gasteiger partial charge in [-0.15, -0.1) is 0 Å². The largest absolute Gasteiger partial charge is 0.497 e. The molecule has 3 aromatic carbocycles. The van der Waals surface area contributed by atoms with Gasteiger partial charge in [0.05, 0.1) is 28.2 Å². The SMILES string of the molecule is COc1ccc(N2C(=O)/C(=C/c3cccc(Oc4ccc(C(F)(F)F)cc4[N+](=O)[O-])c3)SC2=S)cc1. The number of thioether (sulfide) groups is 1. The van der Waals surface area contributed by atoms with Crippen LogP contribution in [0, 0.1) is 10.1 Å². The summed E-state index contributed by atoms with van der Waals surface area (Å²) in [5, 5.41) is 11.3. The summed E-state index contributed by atoms with van der Waals surface area (Å²) in [5.74, 6) is 0.0814. The van der Waals surface area contributed by atoms with Crippen molar-refractivity contribution in [3.63, 3.8) is 0 Å². The molecule has 0 aliphatic carbocycles. The third-order valence-corrected chi connectivity index (χ3v) is 6.29. The molecule has 0 radical (unpaired) electrons. The Bertz CT molecular complexity index is 1390. The Morgan fingerprint density at radius 1 is 1.06 bits per heavy atom. The average Bonchev–Trinajstić information content (AvgIpc) is 3.11. The van der Waals surface area contributed by atoms with Crippen LogP contribution in [-0.4, -0.2) is 22.3 Å². The molecule has 184 valence electrons. The topological polar surface area (TPSA) is 81.9 Å². The van der Waals surface area contributed by atoms with Crippen molar-refractivity contribution < 1.29 is 32.4 Å². The molecule has 1 aliphatic rings. The molecule has 0 bridgehead atoms. The third-order valence-electron chi connectivity index (χ3n) is 4.99. The van der Waals surface area contributed by atoms with E-state index in [2.05, 4.69) is 0 Å². The smallest absolute Gasteiger partial charge is 0.416 e. The van der Waals surface area contributed by atoms with Crippen molar-refractivity contribution in [1.82, 2.24) is 0 Å². The number of benzene rings is 3. The Morgan fingerprint density at radius 3 is 2.42 bits per heavy atom. The van der Waals surface area contributed by atoms with E-state index in [1.54, 1.807) is 42.5 Å². The van der Waals surface area contributed by atoms with Crippen LogP contribution in [0.2, 0.25) is 0 Å². The van der Waals surface area contributed by atoms with Gasteiger partial charge in [-0.3, -0.25) is 19.8 Å². The molecule has 0 N–H and O–H groups in total. The molecule has 0 saturated carbocycles. The highest BCUT2D eigenvalue weighted by atomic mass is 32.2. The van der Waals surface area contributed by atoms with E-state index in [0.717, 1.165) is 17.8 Å². The molecule has 1 saturated heterocycles. The van der Waals surface area contributed by atoms with Crippen LogP contribution in [0.15, 0.2) is 71.6 Å². The lowest BCUT2D eigenvalue weighted by molar-refractivity contribution is -0.385. The number of carbonyl (C=O) groups is 1. The Kier molecular flexibility index (Phi) is 7.00. The van der Waals surface area contributed by atoms with Gasteiger partial charge >= 0.3 is 11.9 Å². The maximum atomic E-state index is 13.0. The highest BCUT2D eigenvalue weighted by Crippen LogP contribution is 2.39. The van der Waals surface area contributed by atoms with E-state index >= 15 is 0 Å². The summed E-state index contributed by atoms with van der Waals surface area (Å²) in [6.07, 6.45) is -3.15. The van der Waals surface area contributed by atoms with Crippen molar-refractivity contribution in [2.24, 2.45) is 0 Å². The zero-order valence-electron chi connectivity index (χ0n) is 18.3. The molecule has 3 aromatic rings. The lowest BCUT2D eigenvalue weighted by Gasteiger charge is -2.14. The van der Waals surface area contributed by atoms with Crippen LogP contribution in [0.3, 0.4) is 0 Å². The number of rotatable bonds is 6. The van der Waals surface area contributed by atoms with Crippen molar-refractivity contribution in [2.45, 2.75) is 6.18 Å². The van der Waals surface area contributed by atoms with Crippen molar-refractivity contribution >= 4 is 51.7 Å². The highest BCUT2D eigenvalue weighted by Gasteiger charge is 2.34. The van der Waals surface area contributed by atoms with Crippen molar-refractivity contribution in [3.8, 4) is 17.2 Å². The van der Waals surface area contributed by atoms with E-state index < -0.39 is 22.4 Å². The third kappa shape index (κ3) is 5.34. The Labute approximate surface area is 212 Å². The number of alkyl halides is 3. The number of ether oxygens (including phenoxy) is 2. The van der Waals surface area contributed by atoms with Crippen molar-refractivity contribution in [1.29, 1.82) is 0 Å². The molecule has 0 aromatic heterocycles. The molecular formula is C24H15F3N2O5S2. The standard InChI is InChI=1S/C24H15F3N2O5S2/c1-33-17-8-6-16(7-9-17)28-22(30)21(36-23(28)35)12-14-3-2-4-18(11-14)34-20-10-5-15(24(25,26)27)13-19(20)29(31)32/h2-13H,1H3/b21-12-. The molecule has 7 nitrogen and oxygen atoms in total. The molecule has 1 fully saturated rings. The number of anilines is 1. The second-order valence-electron chi connectivity index (χ2n) is 7.33. The molecule has 0 unspecified atom stereocenters. The fourth-order valence-electron chi connectivity index (χ4n) is 3.29. The van der Waals surface area contributed by atoms with Crippen LogP contribution in [0.5, 0.6) is 17.2 Å². The van der Waals surface area contributed by atoms with Crippen LogP contribution >= 0.6 is 24.0 Å². The van der Waals surface area contributed by atoms with Crippen LogP contribution in [0.4, 0.5) is 24.5 Å². The van der Waals surface area contributed by atoms with E-state index in [1.165, 1.54) is 24.1 Å². The summed E-state index contributed by atoms with van der Waals surface area (Å²) in [7, 11) is 1.53. The Balaban J connectivity index is 1.58. The van der Waals surface area contributed by atoms with E-state index in [4.69, 9.17) is 21.7 Å². The summed E-state index contributed by atoms with van der Waals surface area (Å²) in [6.45, 7) is 0. The zero-order valence-corrected chi connectivity index (χ0v) is 19.9. The van der Waals surface area contributed by atoms with Gasteiger partial charge in [-0.1, -0.05) is 36.1 Å². The molecule has 36 heavy (non-hydrogen) atoms. The van der Waals surface area contributed by atoms with Crippen molar-refractivity contribution in [2.75, 3.05) is 12.0 Å². The van der Waals surface area contributed by atoms with Gasteiger partial charge in [0.2, 0.25) is 5.75 Å². The fraction of sp³-hybridized carbons (Fsp3) is 0.0833. The number of halogens is 3. The van der Waals surface area contributed by atoms with Gasteiger partial charge in [-0.05, 0) is 60.2 Å². The van der Waals surface area contributed by atoms with E-state index in [-0.39, 0.29) is 17.4 Å². The molecule has 0 spiro atoms. The van der Waals surface area contributed by atoms with Gasteiger partial charge in [-0.25, -0.2) is 0 Å². The van der Waals surface area contributed by atoms with Gasteiger partial charge in [-0.2, -0.15) is 13.2 Å². The van der Waals surface area contributed by atoms with E-state index in [9.17, 15) is 28.1 Å². The zero-order chi connectivity index (χ0) is 26.0. The highest BCUT2D eigenvalue weighted by molar-refractivity contribution is 8.27. The first kappa shape index (κ1) is 25.2. The van der Waals surface area contributed by atoms with E-state index in [1.807, 2.05) is 0 Å². The summed E-state index contributed by atoms with van der Waals surface area (Å²) < 4.78 is 49.8. The quantitative estimate of drug-likeness (QED) is 0.149. The number of methoxy groups -OCH3 is 1. The fourth-order valence-corrected chi connectivity index (χ4v) is 4.59. The summed E-state index contributed by atoms with van der Waals surface area (Å²) in [5.41, 5.74) is -0.879. The van der Waals surface area contributed by atoms with Gasteiger partial charge in [0, 0.05) is 6.07 Å². The number of hydrogen-bond acceptors (Lipinski definition) is 7. The van der Waals surface area contributed by atoms with Crippen LogP contribution in [-0.2, 0) is 11.0 Å². The number of nitro groups is 1. The number of amides is 1. The van der Waals surface area contributed by atoms with Gasteiger partial charge in [0.25, 0.3) is 5.91 Å². The molecule has 1 aliphatic heterocycles.